The monoisotopic (exact) mass is 334 g/mol. The third-order valence-electron chi connectivity index (χ3n) is 4.44. The van der Waals surface area contributed by atoms with Gasteiger partial charge in [-0.3, -0.25) is 9.69 Å². The van der Waals surface area contributed by atoms with Gasteiger partial charge in [-0.05, 0) is 12.6 Å². The predicted octanol–water partition coefficient (Wildman–Crippen LogP) is 0.236. The van der Waals surface area contributed by atoms with Crippen molar-refractivity contribution in [2.75, 3.05) is 60.0 Å². The van der Waals surface area contributed by atoms with Gasteiger partial charge in [0.05, 0.1) is 6.61 Å². The molecule has 0 aliphatic carbocycles. The van der Waals surface area contributed by atoms with Crippen LogP contribution in [0.3, 0.4) is 0 Å². The van der Waals surface area contributed by atoms with Crippen LogP contribution in [0.1, 0.15) is 5.56 Å². The first kappa shape index (κ1) is 18.9. The molecule has 2 rings (SSSR count). The first-order valence-electron chi connectivity index (χ1n) is 8.58. The Balaban J connectivity index is 1.67. The van der Waals surface area contributed by atoms with Gasteiger partial charge in [-0.2, -0.15) is 0 Å². The Hall–Kier alpha value is -1.47. The van der Waals surface area contributed by atoms with Gasteiger partial charge in [-0.1, -0.05) is 30.3 Å². The fraction of sp³-hybridized carbons (Fsp3) is 0.611. The third-order valence-corrected chi connectivity index (χ3v) is 4.44. The average molecular weight is 334 g/mol. The van der Waals surface area contributed by atoms with E-state index in [9.17, 15) is 4.79 Å². The lowest BCUT2D eigenvalue weighted by molar-refractivity contribution is -0.135. The van der Waals surface area contributed by atoms with Gasteiger partial charge in [0.1, 0.15) is 6.04 Å². The molecule has 0 spiro atoms. The molecule has 1 fully saturated rings. The second kappa shape index (κ2) is 9.74. The van der Waals surface area contributed by atoms with Crippen LogP contribution in [-0.2, 0) is 16.1 Å². The van der Waals surface area contributed by atoms with Crippen molar-refractivity contribution >= 4 is 5.91 Å². The SMILES string of the molecule is COCC(N)C(=O)N1CCN(CCN(C)Cc2ccccc2)CC1. The molecule has 6 nitrogen and oxygen atoms in total. The fourth-order valence-corrected chi connectivity index (χ4v) is 2.96. The molecule has 6 heteroatoms. The van der Waals surface area contributed by atoms with Crippen molar-refractivity contribution in [2.45, 2.75) is 12.6 Å². The van der Waals surface area contributed by atoms with Crippen molar-refractivity contribution in [1.82, 2.24) is 14.7 Å². The van der Waals surface area contributed by atoms with Gasteiger partial charge in [0.15, 0.2) is 0 Å². The van der Waals surface area contributed by atoms with E-state index in [2.05, 4.69) is 41.1 Å². The number of likely N-dealkylation sites (N-methyl/N-ethyl adjacent to an activating group) is 1. The summed E-state index contributed by atoms with van der Waals surface area (Å²) >= 11 is 0. The van der Waals surface area contributed by atoms with Crippen molar-refractivity contribution in [3.63, 3.8) is 0 Å². The number of amides is 1. The van der Waals surface area contributed by atoms with Gasteiger partial charge in [0, 0.05) is 52.9 Å². The highest BCUT2D eigenvalue weighted by atomic mass is 16.5. The van der Waals surface area contributed by atoms with Crippen LogP contribution in [0.25, 0.3) is 0 Å². The number of ether oxygens (including phenoxy) is 1. The van der Waals surface area contributed by atoms with Crippen LogP contribution in [0.2, 0.25) is 0 Å². The summed E-state index contributed by atoms with van der Waals surface area (Å²) < 4.78 is 4.96. The van der Waals surface area contributed by atoms with Gasteiger partial charge in [-0.15, -0.1) is 0 Å². The molecule has 1 saturated heterocycles. The third kappa shape index (κ3) is 5.87. The van der Waals surface area contributed by atoms with Gasteiger partial charge in [0.2, 0.25) is 5.91 Å². The Kier molecular flexibility index (Phi) is 7.65. The second-order valence-corrected chi connectivity index (χ2v) is 6.45. The molecule has 1 aliphatic heterocycles. The van der Waals surface area contributed by atoms with E-state index in [1.807, 2.05) is 11.0 Å². The summed E-state index contributed by atoms with van der Waals surface area (Å²) in [5, 5.41) is 0. The maximum Gasteiger partial charge on any atom is 0.241 e. The van der Waals surface area contributed by atoms with Crippen LogP contribution < -0.4 is 5.73 Å². The summed E-state index contributed by atoms with van der Waals surface area (Å²) in [6, 6.07) is 9.97. The highest BCUT2D eigenvalue weighted by Crippen LogP contribution is 2.06. The lowest BCUT2D eigenvalue weighted by Crippen LogP contribution is -2.54. The molecule has 1 aromatic carbocycles. The highest BCUT2D eigenvalue weighted by molar-refractivity contribution is 5.81. The van der Waals surface area contributed by atoms with E-state index >= 15 is 0 Å². The number of nitrogens with zero attached hydrogens (tertiary/aromatic N) is 3. The highest BCUT2D eigenvalue weighted by Gasteiger charge is 2.25. The fourth-order valence-electron chi connectivity index (χ4n) is 2.96. The summed E-state index contributed by atoms with van der Waals surface area (Å²) in [4.78, 5) is 18.8. The molecule has 1 aromatic rings. The Morgan fingerprint density at radius 3 is 2.54 bits per heavy atom. The molecule has 1 heterocycles. The number of methoxy groups -OCH3 is 1. The van der Waals surface area contributed by atoms with E-state index < -0.39 is 6.04 Å². The molecule has 0 bridgehead atoms. The molecule has 2 N–H and O–H groups in total. The molecule has 1 unspecified atom stereocenters. The number of piperazine rings is 1. The molecular formula is C18H30N4O2. The van der Waals surface area contributed by atoms with Crippen molar-refractivity contribution in [3.8, 4) is 0 Å². The van der Waals surface area contributed by atoms with E-state index in [0.717, 1.165) is 45.8 Å². The van der Waals surface area contributed by atoms with Crippen LogP contribution in [0.4, 0.5) is 0 Å². The van der Waals surface area contributed by atoms with Crippen LogP contribution >= 0.6 is 0 Å². The van der Waals surface area contributed by atoms with E-state index in [0.29, 0.717) is 0 Å². The minimum atomic E-state index is -0.543. The molecule has 0 aromatic heterocycles. The molecule has 0 saturated carbocycles. The van der Waals surface area contributed by atoms with Crippen molar-refractivity contribution in [1.29, 1.82) is 0 Å². The number of hydrogen-bond donors (Lipinski definition) is 1. The minimum absolute atomic E-state index is 0.00213. The average Bonchev–Trinajstić information content (AvgIpc) is 2.61. The van der Waals surface area contributed by atoms with Gasteiger partial charge >= 0.3 is 0 Å². The normalized spacial score (nSPS) is 17.2. The summed E-state index contributed by atoms with van der Waals surface area (Å²) in [5.74, 6) is -0.00213. The first-order valence-corrected chi connectivity index (χ1v) is 8.58. The standard InChI is InChI=1S/C18H30N4O2/c1-20(14-16-6-4-3-5-7-16)8-9-21-10-12-22(13-11-21)18(23)17(19)15-24-2/h3-7,17H,8-15,19H2,1-2H3. The molecule has 0 radical (unpaired) electrons. The van der Waals surface area contributed by atoms with E-state index in [4.69, 9.17) is 10.5 Å². The van der Waals surface area contributed by atoms with Gasteiger partial charge in [0.25, 0.3) is 0 Å². The van der Waals surface area contributed by atoms with E-state index in [1.54, 1.807) is 7.11 Å². The van der Waals surface area contributed by atoms with Crippen molar-refractivity contribution in [2.24, 2.45) is 5.73 Å². The van der Waals surface area contributed by atoms with Crippen molar-refractivity contribution in [3.05, 3.63) is 35.9 Å². The quantitative estimate of drug-likeness (QED) is 0.738. The van der Waals surface area contributed by atoms with Crippen molar-refractivity contribution < 1.29 is 9.53 Å². The zero-order valence-electron chi connectivity index (χ0n) is 14.9. The predicted molar refractivity (Wildman–Crippen MR) is 95.6 cm³/mol. The van der Waals surface area contributed by atoms with Crippen LogP contribution in [-0.4, -0.2) is 86.7 Å². The van der Waals surface area contributed by atoms with Crippen LogP contribution in [0.15, 0.2) is 30.3 Å². The molecular weight excluding hydrogens is 304 g/mol. The summed E-state index contributed by atoms with van der Waals surface area (Å²) in [6.07, 6.45) is 0. The zero-order chi connectivity index (χ0) is 17.4. The first-order chi connectivity index (χ1) is 11.6. The number of benzene rings is 1. The maximum absolute atomic E-state index is 12.2. The Labute approximate surface area is 145 Å². The van der Waals surface area contributed by atoms with E-state index in [-0.39, 0.29) is 12.5 Å². The number of rotatable bonds is 8. The Bertz CT molecular complexity index is 489. The number of nitrogens with two attached hydrogens (primary N) is 1. The maximum atomic E-state index is 12.2. The van der Waals surface area contributed by atoms with Gasteiger partial charge in [-0.25, -0.2) is 0 Å². The molecule has 134 valence electrons. The second-order valence-electron chi connectivity index (χ2n) is 6.45. The Morgan fingerprint density at radius 1 is 1.25 bits per heavy atom. The minimum Gasteiger partial charge on any atom is -0.383 e. The zero-order valence-corrected chi connectivity index (χ0v) is 14.9. The largest absolute Gasteiger partial charge is 0.383 e. The van der Waals surface area contributed by atoms with E-state index in [1.165, 1.54) is 5.56 Å². The van der Waals surface area contributed by atoms with Gasteiger partial charge < -0.3 is 20.3 Å². The lowest BCUT2D eigenvalue weighted by atomic mass is 10.2. The number of carbonyl (C=O) groups is 1. The molecule has 1 atom stereocenters. The Morgan fingerprint density at radius 2 is 1.92 bits per heavy atom. The molecule has 1 aliphatic rings. The molecule has 24 heavy (non-hydrogen) atoms. The number of carbonyl (C=O) groups excluding carboxylic acids is 1. The summed E-state index contributed by atoms with van der Waals surface area (Å²) in [7, 11) is 3.72. The number of hydrogen-bond acceptors (Lipinski definition) is 5. The van der Waals surface area contributed by atoms with Crippen LogP contribution in [0, 0.1) is 0 Å². The summed E-state index contributed by atoms with van der Waals surface area (Å²) in [6.45, 7) is 6.60. The summed E-state index contributed by atoms with van der Waals surface area (Å²) in [5.41, 5.74) is 7.16. The molecule has 1 amide bonds. The lowest BCUT2D eigenvalue weighted by Gasteiger charge is -2.36. The smallest absolute Gasteiger partial charge is 0.241 e. The van der Waals surface area contributed by atoms with Crippen LogP contribution in [0.5, 0.6) is 0 Å². The topological polar surface area (TPSA) is 62.0 Å².